The number of imide groups is 1. The molecule has 4 aliphatic rings. The third-order valence-electron chi connectivity index (χ3n) is 6.16. The fraction of sp³-hybridized carbons (Fsp3) is 0.292. The highest BCUT2D eigenvalue weighted by Crippen LogP contribution is 2.49. The molecule has 0 spiro atoms. The molecular formula is C24H22N2O3. The molecule has 0 aromatic heterocycles. The van der Waals surface area contributed by atoms with Crippen LogP contribution in [0.1, 0.15) is 24.0 Å². The fourth-order valence-corrected chi connectivity index (χ4v) is 4.72. The van der Waals surface area contributed by atoms with Gasteiger partial charge in [0.1, 0.15) is 12.4 Å². The van der Waals surface area contributed by atoms with Crippen molar-refractivity contribution in [2.24, 2.45) is 28.8 Å². The molecule has 2 aromatic carbocycles. The molecule has 2 fully saturated rings. The van der Waals surface area contributed by atoms with Gasteiger partial charge in [0.15, 0.2) is 0 Å². The zero-order valence-corrected chi connectivity index (χ0v) is 16.0. The summed E-state index contributed by atoms with van der Waals surface area (Å²) >= 11 is 0. The average Bonchev–Trinajstić information content (AvgIpc) is 3.05. The highest BCUT2D eigenvalue weighted by Gasteiger charge is 2.56. The van der Waals surface area contributed by atoms with Crippen molar-refractivity contribution in [3.8, 4) is 5.75 Å². The number of ether oxygens (including phenoxy) is 1. The van der Waals surface area contributed by atoms with E-state index in [9.17, 15) is 9.59 Å². The third-order valence-corrected chi connectivity index (χ3v) is 6.16. The number of nitrogens with zero attached hydrogens (tertiary/aromatic N) is 2. The summed E-state index contributed by atoms with van der Waals surface area (Å²) in [6.45, 7) is 0.476. The molecule has 146 valence electrons. The van der Waals surface area contributed by atoms with E-state index in [2.05, 4.69) is 17.3 Å². The summed E-state index contributed by atoms with van der Waals surface area (Å²) < 4.78 is 5.84. The van der Waals surface area contributed by atoms with Crippen molar-refractivity contribution in [3.63, 3.8) is 0 Å². The fourth-order valence-electron chi connectivity index (χ4n) is 4.72. The van der Waals surface area contributed by atoms with E-state index in [0.29, 0.717) is 12.4 Å². The first-order valence-electron chi connectivity index (χ1n) is 10.1. The Balaban J connectivity index is 1.29. The van der Waals surface area contributed by atoms with E-state index in [1.165, 1.54) is 0 Å². The molecule has 2 aromatic rings. The zero-order chi connectivity index (χ0) is 19.8. The van der Waals surface area contributed by atoms with Gasteiger partial charge in [0.25, 0.3) is 11.8 Å². The number of hydrazone groups is 1. The van der Waals surface area contributed by atoms with Crippen molar-refractivity contribution in [1.29, 1.82) is 0 Å². The Morgan fingerprint density at radius 2 is 1.62 bits per heavy atom. The predicted molar refractivity (Wildman–Crippen MR) is 109 cm³/mol. The summed E-state index contributed by atoms with van der Waals surface area (Å²) in [5.74, 6) is 0.284. The number of fused-ring (bicyclic) bond motifs is 1. The summed E-state index contributed by atoms with van der Waals surface area (Å²) in [4.78, 5) is 25.6. The van der Waals surface area contributed by atoms with Crippen molar-refractivity contribution >= 4 is 18.0 Å². The van der Waals surface area contributed by atoms with Gasteiger partial charge < -0.3 is 4.74 Å². The molecule has 4 atom stereocenters. The molecule has 1 saturated heterocycles. The minimum absolute atomic E-state index is 0.160. The highest BCUT2D eigenvalue weighted by molar-refractivity contribution is 6.06. The summed E-state index contributed by atoms with van der Waals surface area (Å²) in [7, 11) is 0. The Hall–Kier alpha value is -3.21. The van der Waals surface area contributed by atoms with Crippen molar-refractivity contribution < 1.29 is 14.3 Å². The van der Waals surface area contributed by atoms with Gasteiger partial charge in [0.05, 0.1) is 18.1 Å². The minimum Gasteiger partial charge on any atom is -0.489 e. The molecule has 29 heavy (non-hydrogen) atoms. The van der Waals surface area contributed by atoms with E-state index >= 15 is 0 Å². The van der Waals surface area contributed by atoms with E-state index in [-0.39, 0.29) is 35.5 Å². The molecule has 0 radical (unpaired) electrons. The van der Waals surface area contributed by atoms with Crippen LogP contribution in [-0.2, 0) is 16.2 Å². The molecule has 6 rings (SSSR count). The standard InChI is InChI=1S/C24H22N2O3/c27-23-21-18-9-10-19(12-11-18)22(21)24(28)26(23)25-14-17-7-4-8-20(13-17)29-15-16-5-2-1-3-6-16/h1-10,13-14,18-19,21-22H,11-12,15H2/b25-14-/t18-,19-,21-,22+/m1/s1. The van der Waals surface area contributed by atoms with Crippen LogP contribution in [0.5, 0.6) is 5.75 Å². The van der Waals surface area contributed by atoms with Crippen LogP contribution in [0.3, 0.4) is 0 Å². The van der Waals surface area contributed by atoms with E-state index in [1.54, 1.807) is 6.21 Å². The van der Waals surface area contributed by atoms with Crippen LogP contribution in [0.4, 0.5) is 0 Å². The topological polar surface area (TPSA) is 59.0 Å². The van der Waals surface area contributed by atoms with Gasteiger partial charge in [-0.05, 0) is 47.9 Å². The Labute approximate surface area is 169 Å². The molecule has 5 heteroatoms. The number of amides is 2. The van der Waals surface area contributed by atoms with Crippen LogP contribution >= 0.6 is 0 Å². The van der Waals surface area contributed by atoms with Crippen molar-refractivity contribution in [3.05, 3.63) is 77.9 Å². The number of allylic oxidation sites excluding steroid dienone is 2. The Bertz CT molecular complexity index is 966. The lowest BCUT2D eigenvalue weighted by atomic mass is 9.63. The summed E-state index contributed by atoms with van der Waals surface area (Å²) in [6.07, 6.45) is 7.76. The van der Waals surface area contributed by atoms with E-state index in [0.717, 1.165) is 29.0 Å². The third kappa shape index (κ3) is 3.27. The molecule has 1 aliphatic heterocycles. The van der Waals surface area contributed by atoms with Crippen LogP contribution in [0.25, 0.3) is 0 Å². The van der Waals surface area contributed by atoms with Crippen molar-refractivity contribution in [2.75, 3.05) is 0 Å². The van der Waals surface area contributed by atoms with Gasteiger partial charge in [0.2, 0.25) is 0 Å². The molecule has 1 heterocycles. The summed E-state index contributed by atoms with van der Waals surface area (Å²) in [6, 6.07) is 17.4. The first-order valence-corrected chi connectivity index (χ1v) is 10.1. The first-order chi connectivity index (χ1) is 14.2. The first kappa shape index (κ1) is 17.9. The van der Waals surface area contributed by atoms with Gasteiger partial charge >= 0.3 is 0 Å². The number of carbonyl (C=O) groups excluding carboxylic acids is 2. The zero-order valence-electron chi connectivity index (χ0n) is 16.0. The Morgan fingerprint density at radius 3 is 2.28 bits per heavy atom. The second-order valence-corrected chi connectivity index (χ2v) is 7.92. The molecule has 1 saturated carbocycles. The maximum Gasteiger partial charge on any atom is 0.254 e. The lowest BCUT2D eigenvalue weighted by molar-refractivity contribution is -0.140. The largest absolute Gasteiger partial charge is 0.489 e. The molecule has 3 aliphatic carbocycles. The van der Waals surface area contributed by atoms with Gasteiger partial charge in [0, 0.05) is 0 Å². The average molecular weight is 386 g/mol. The normalized spacial score (nSPS) is 27.7. The van der Waals surface area contributed by atoms with E-state index < -0.39 is 0 Å². The lowest BCUT2D eigenvalue weighted by Crippen LogP contribution is -2.38. The van der Waals surface area contributed by atoms with Crippen LogP contribution in [0.15, 0.2) is 71.9 Å². The van der Waals surface area contributed by atoms with Crippen LogP contribution < -0.4 is 4.74 Å². The maximum atomic E-state index is 12.8. The Morgan fingerprint density at radius 1 is 0.931 bits per heavy atom. The van der Waals surface area contributed by atoms with Gasteiger partial charge in [-0.2, -0.15) is 10.1 Å². The number of hydrogen-bond acceptors (Lipinski definition) is 4. The van der Waals surface area contributed by atoms with Crippen LogP contribution in [0, 0.1) is 23.7 Å². The quantitative estimate of drug-likeness (QED) is 0.446. The predicted octanol–water partition coefficient (Wildman–Crippen LogP) is 3.80. The van der Waals surface area contributed by atoms with Crippen LogP contribution in [0.2, 0.25) is 0 Å². The minimum atomic E-state index is -0.232. The molecule has 2 amide bonds. The van der Waals surface area contributed by atoms with Crippen LogP contribution in [-0.4, -0.2) is 23.0 Å². The van der Waals surface area contributed by atoms with Crippen molar-refractivity contribution in [1.82, 2.24) is 5.01 Å². The molecule has 5 nitrogen and oxygen atoms in total. The monoisotopic (exact) mass is 386 g/mol. The SMILES string of the molecule is O=C1[C@@H]2[C@H](C(=O)N1/N=C\c1cccc(OCc3ccccc3)c1)[C@@H]1C=C[C@@H]2CC1. The summed E-state index contributed by atoms with van der Waals surface area (Å²) in [5.41, 5.74) is 1.87. The number of benzene rings is 2. The second kappa shape index (κ2) is 7.32. The Kier molecular flexibility index (Phi) is 4.51. The summed E-state index contributed by atoms with van der Waals surface area (Å²) in [5, 5.41) is 5.35. The number of carbonyl (C=O) groups is 2. The lowest BCUT2D eigenvalue weighted by Gasteiger charge is -2.37. The van der Waals surface area contributed by atoms with Gasteiger partial charge in [-0.1, -0.05) is 54.6 Å². The molecule has 0 unspecified atom stereocenters. The second-order valence-electron chi connectivity index (χ2n) is 7.92. The molecule has 0 N–H and O–H groups in total. The highest BCUT2D eigenvalue weighted by atomic mass is 16.5. The smallest absolute Gasteiger partial charge is 0.254 e. The van der Waals surface area contributed by atoms with E-state index in [4.69, 9.17) is 4.74 Å². The number of hydrogen-bond donors (Lipinski definition) is 0. The maximum absolute atomic E-state index is 12.8. The van der Waals surface area contributed by atoms with Gasteiger partial charge in [-0.15, -0.1) is 0 Å². The molecular weight excluding hydrogens is 364 g/mol. The van der Waals surface area contributed by atoms with E-state index in [1.807, 2.05) is 54.6 Å². The molecule has 2 bridgehead atoms. The van der Waals surface area contributed by atoms with Crippen molar-refractivity contribution in [2.45, 2.75) is 19.4 Å². The van der Waals surface area contributed by atoms with Gasteiger partial charge in [-0.3, -0.25) is 9.59 Å². The van der Waals surface area contributed by atoms with Gasteiger partial charge in [-0.25, -0.2) is 0 Å². The number of rotatable bonds is 5.